The van der Waals surface area contributed by atoms with Gasteiger partial charge in [-0.2, -0.15) is 0 Å². The normalized spacial score (nSPS) is 16.6. The summed E-state index contributed by atoms with van der Waals surface area (Å²) in [6.45, 7) is 4.93. The van der Waals surface area contributed by atoms with E-state index in [0.29, 0.717) is 19.7 Å². The Morgan fingerprint density at radius 3 is 2.57 bits per heavy atom. The molecule has 2 aromatic carbocycles. The molecule has 0 bridgehead atoms. The lowest BCUT2D eigenvalue weighted by Gasteiger charge is -2.36. The van der Waals surface area contributed by atoms with Gasteiger partial charge < -0.3 is 19.9 Å². The van der Waals surface area contributed by atoms with Crippen molar-refractivity contribution in [1.29, 1.82) is 0 Å². The predicted molar refractivity (Wildman–Crippen MR) is 131 cm³/mol. The van der Waals surface area contributed by atoms with Gasteiger partial charge in [0, 0.05) is 20.6 Å². The van der Waals surface area contributed by atoms with Crippen LogP contribution in [0, 0.1) is 6.92 Å². The number of likely N-dealkylation sites (N-methyl/N-ethyl adjacent to an activating group) is 1. The average molecular weight is 522 g/mol. The number of morpholine rings is 1. The van der Waals surface area contributed by atoms with Crippen molar-refractivity contribution in [2.24, 2.45) is 4.99 Å². The number of guanidine groups is 1. The Kier molecular flexibility index (Phi) is 9.58. The molecule has 3 rings (SSSR count). The first kappa shape index (κ1) is 24.1. The molecule has 0 spiro atoms. The maximum Gasteiger partial charge on any atom is 0.241 e. The Balaban J connectivity index is 0.00000320. The molecule has 0 radical (unpaired) electrons. The number of hydrogen-bond donors (Lipinski definition) is 1. The number of rotatable bonds is 5. The lowest BCUT2D eigenvalue weighted by molar-refractivity contribution is -0.127. The van der Waals surface area contributed by atoms with Crippen molar-refractivity contribution in [3.8, 4) is 0 Å². The number of carbonyl (C=O) groups excluding carboxylic acids is 1. The summed E-state index contributed by atoms with van der Waals surface area (Å²) < 4.78 is 6.05. The van der Waals surface area contributed by atoms with E-state index in [4.69, 9.17) is 9.73 Å². The highest BCUT2D eigenvalue weighted by Crippen LogP contribution is 2.25. The number of hydrogen-bond acceptors (Lipinski definition) is 3. The standard InChI is InChI=1S/C23H30N4O2.HI/c1-18-9-7-8-12-20(18)21-17-27(13-14-29-21)23(25-16-22(28)26(2)3)24-15-19-10-5-4-6-11-19;/h4-12,21H,13-17H2,1-3H3,(H,24,25);1H. The van der Waals surface area contributed by atoms with Crippen LogP contribution >= 0.6 is 24.0 Å². The van der Waals surface area contributed by atoms with Gasteiger partial charge >= 0.3 is 0 Å². The van der Waals surface area contributed by atoms with Gasteiger partial charge in [0.1, 0.15) is 6.10 Å². The minimum atomic E-state index is -0.0155. The monoisotopic (exact) mass is 522 g/mol. The number of aryl methyl sites for hydroxylation is 1. The SMILES string of the molecule is Cc1ccccc1C1CN(C(=NCc2ccccc2)NCC(=O)N(C)C)CCO1.I. The summed E-state index contributed by atoms with van der Waals surface area (Å²) in [6.07, 6.45) is -0.0155. The smallest absolute Gasteiger partial charge is 0.241 e. The Hall–Kier alpha value is -2.13. The molecule has 0 saturated carbocycles. The lowest BCUT2D eigenvalue weighted by atomic mass is 10.0. The van der Waals surface area contributed by atoms with Crippen LogP contribution in [0.4, 0.5) is 0 Å². The zero-order valence-electron chi connectivity index (χ0n) is 17.9. The van der Waals surface area contributed by atoms with Crippen LogP contribution in [0.1, 0.15) is 22.8 Å². The molecule has 1 saturated heterocycles. The van der Waals surface area contributed by atoms with Crippen molar-refractivity contribution >= 4 is 35.8 Å². The van der Waals surface area contributed by atoms with E-state index in [1.165, 1.54) is 11.1 Å². The van der Waals surface area contributed by atoms with Crippen molar-refractivity contribution in [2.75, 3.05) is 40.3 Å². The van der Waals surface area contributed by atoms with Gasteiger partial charge in [0.05, 0.1) is 26.2 Å². The van der Waals surface area contributed by atoms with Gasteiger partial charge in [0.25, 0.3) is 0 Å². The lowest BCUT2D eigenvalue weighted by Crippen LogP contribution is -2.50. The maximum absolute atomic E-state index is 12.1. The van der Waals surface area contributed by atoms with Crippen LogP contribution in [-0.2, 0) is 16.1 Å². The second kappa shape index (κ2) is 11.9. The number of ether oxygens (including phenoxy) is 1. The Bertz CT molecular complexity index is 842. The quantitative estimate of drug-likeness (QED) is 0.373. The van der Waals surface area contributed by atoms with E-state index in [1.807, 2.05) is 30.3 Å². The number of benzene rings is 2. The Morgan fingerprint density at radius 2 is 1.87 bits per heavy atom. The van der Waals surface area contributed by atoms with Gasteiger partial charge in [-0.3, -0.25) is 4.79 Å². The van der Waals surface area contributed by atoms with E-state index < -0.39 is 0 Å². The zero-order chi connectivity index (χ0) is 20.6. The first-order valence-corrected chi connectivity index (χ1v) is 9.99. The minimum Gasteiger partial charge on any atom is -0.370 e. The topological polar surface area (TPSA) is 57.2 Å². The molecule has 1 aliphatic heterocycles. The van der Waals surface area contributed by atoms with Crippen molar-refractivity contribution in [2.45, 2.75) is 19.6 Å². The van der Waals surface area contributed by atoms with Crippen molar-refractivity contribution in [1.82, 2.24) is 15.1 Å². The third kappa shape index (κ3) is 6.70. The molecule has 1 aliphatic rings. The molecule has 2 aromatic rings. The van der Waals surface area contributed by atoms with E-state index in [-0.39, 0.29) is 42.5 Å². The third-order valence-corrected chi connectivity index (χ3v) is 5.05. The fraction of sp³-hybridized carbons (Fsp3) is 0.391. The highest BCUT2D eigenvalue weighted by atomic mass is 127. The molecule has 30 heavy (non-hydrogen) atoms. The number of amides is 1. The van der Waals surface area contributed by atoms with Crippen LogP contribution in [0.3, 0.4) is 0 Å². The summed E-state index contributed by atoms with van der Waals surface area (Å²) in [6, 6.07) is 18.4. The predicted octanol–water partition coefficient (Wildman–Crippen LogP) is 3.22. The van der Waals surface area contributed by atoms with Crippen LogP contribution < -0.4 is 5.32 Å². The average Bonchev–Trinajstić information content (AvgIpc) is 2.74. The second-order valence-corrected chi connectivity index (χ2v) is 7.43. The third-order valence-electron chi connectivity index (χ3n) is 5.05. The second-order valence-electron chi connectivity index (χ2n) is 7.43. The highest BCUT2D eigenvalue weighted by Gasteiger charge is 2.25. The van der Waals surface area contributed by atoms with Gasteiger partial charge in [-0.1, -0.05) is 54.6 Å². The number of aliphatic imine (C=N–C) groups is 1. The Labute approximate surface area is 196 Å². The fourth-order valence-electron chi connectivity index (χ4n) is 3.31. The molecule has 7 heteroatoms. The van der Waals surface area contributed by atoms with Crippen LogP contribution in [0.5, 0.6) is 0 Å². The van der Waals surface area contributed by atoms with E-state index in [0.717, 1.165) is 18.1 Å². The number of halogens is 1. The largest absolute Gasteiger partial charge is 0.370 e. The molecular weight excluding hydrogens is 491 g/mol. The summed E-state index contributed by atoms with van der Waals surface area (Å²) in [5, 5.41) is 3.26. The first-order valence-electron chi connectivity index (χ1n) is 9.99. The first-order chi connectivity index (χ1) is 14.0. The highest BCUT2D eigenvalue weighted by molar-refractivity contribution is 14.0. The molecule has 1 unspecified atom stereocenters. The summed E-state index contributed by atoms with van der Waals surface area (Å²) >= 11 is 0. The molecule has 1 atom stereocenters. The summed E-state index contributed by atoms with van der Waals surface area (Å²) in [5.41, 5.74) is 3.55. The minimum absolute atomic E-state index is 0. The molecule has 1 heterocycles. The van der Waals surface area contributed by atoms with Crippen LogP contribution in [0.15, 0.2) is 59.6 Å². The van der Waals surface area contributed by atoms with E-state index >= 15 is 0 Å². The van der Waals surface area contributed by atoms with Crippen molar-refractivity contribution in [3.05, 3.63) is 71.3 Å². The number of nitrogens with one attached hydrogen (secondary N) is 1. The van der Waals surface area contributed by atoms with Crippen molar-refractivity contribution < 1.29 is 9.53 Å². The van der Waals surface area contributed by atoms with E-state index in [2.05, 4.69) is 41.4 Å². The zero-order valence-corrected chi connectivity index (χ0v) is 20.2. The molecular formula is C23H31IN4O2. The molecule has 0 aliphatic carbocycles. The summed E-state index contributed by atoms with van der Waals surface area (Å²) in [4.78, 5) is 20.7. The van der Waals surface area contributed by atoms with Crippen LogP contribution in [-0.4, -0.2) is 62.0 Å². The molecule has 1 N–H and O–H groups in total. The number of nitrogens with zero attached hydrogens (tertiary/aromatic N) is 3. The molecule has 162 valence electrons. The van der Waals surface area contributed by atoms with Crippen LogP contribution in [0.25, 0.3) is 0 Å². The van der Waals surface area contributed by atoms with E-state index in [9.17, 15) is 4.79 Å². The molecule has 6 nitrogen and oxygen atoms in total. The van der Waals surface area contributed by atoms with Gasteiger partial charge in [-0.05, 0) is 23.6 Å². The van der Waals surface area contributed by atoms with Crippen molar-refractivity contribution in [3.63, 3.8) is 0 Å². The Morgan fingerprint density at radius 1 is 1.17 bits per heavy atom. The van der Waals surface area contributed by atoms with Gasteiger partial charge in [-0.15, -0.1) is 24.0 Å². The van der Waals surface area contributed by atoms with Gasteiger partial charge in [0.15, 0.2) is 5.96 Å². The molecule has 1 fully saturated rings. The van der Waals surface area contributed by atoms with Crippen LogP contribution in [0.2, 0.25) is 0 Å². The van der Waals surface area contributed by atoms with Gasteiger partial charge in [-0.25, -0.2) is 4.99 Å². The molecule has 1 amide bonds. The molecule has 0 aromatic heterocycles. The maximum atomic E-state index is 12.1. The number of carbonyl (C=O) groups is 1. The fourth-order valence-corrected chi connectivity index (χ4v) is 3.31. The van der Waals surface area contributed by atoms with E-state index in [1.54, 1.807) is 19.0 Å². The van der Waals surface area contributed by atoms with Gasteiger partial charge in [0.2, 0.25) is 5.91 Å². The summed E-state index contributed by atoms with van der Waals surface area (Å²) in [7, 11) is 3.52. The summed E-state index contributed by atoms with van der Waals surface area (Å²) in [5.74, 6) is 0.757.